The number of nitrogens with one attached hydrogen (secondary N) is 1. The van der Waals surface area contributed by atoms with Gasteiger partial charge in [0.2, 0.25) is 11.8 Å². The monoisotopic (exact) mass is 358 g/mol. The lowest BCUT2D eigenvalue weighted by Crippen LogP contribution is -2.42. The van der Waals surface area contributed by atoms with Gasteiger partial charge in [0.25, 0.3) is 0 Å². The highest BCUT2D eigenvalue weighted by atomic mass is 19.1. The number of carbonyl (C=O) groups is 2. The molecule has 0 bridgehead atoms. The van der Waals surface area contributed by atoms with Crippen molar-refractivity contribution in [2.24, 2.45) is 17.6 Å². The average molecular weight is 358 g/mol. The van der Waals surface area contributed by atoms with Crippen LogP contribution in [0.25, 0.3) is 0 Å². The molecule has 1 unspecified atom stereocenters. The van der Waals surface area contributed by atoms with Gasteiger partial charge in [-0.2, -0.15) is 0 Å². The Morgan fingerprint density at radius 1 is 1.08 bits per heavy atom. The zero-order valence-corrected chi connectivity index (χ0v) is 14.7. The number of benzene rings is 2. The molecule has 0 heterocycles. The van der Waals surface area contributed by atoms with Crippen molar-refractivity contribution in [1.82, 2.24) is 5.32 Å². The van der Waals surface area contributed by atoms with Crippen molar-refractivity contribution in [2.45, 2.75) is 13.0 Å². The summed E-state index contributed by atoms with van der Waals surface area (Å²) in [5.41, 5.74) is 6.81. The van der Waals surface area contributed by atoms with Gasteiger partial charge in [-0.3, -0.25) is 9.59 Å². The van der Waals surface area contributed by atoms with Gasteiger partial charge in [0.15, 0.2) is 0 Å². The van der Waals surface area contributed by atoms with Crippen LogP contribution in [0, 0.1) is 17.7 Å². The Bertz CT molecular complexity index is 737. The van der Waals surface area contributed by atoms with Crippen molar-refractivity contribution < 1.29 is 18.7 Å². The molecule has 0 saturated carbocycles. The minimum Gasteiger partial charge on any atom is -0.376 e. The van der Waals surface area contributed by atoms with Gasteiger partial charge in [-0.1, -0.05) is 48.5 Å². The lowest BCUT2D eigenvalue weighted by Gasteiger charge is -2.23. The number of nitrogens with two attached hydrogens (primary N) is 1. The van der Waals surface area contributed by atoms with Gasteiger partial charge in [0, 0.05) is 7.05 Å². The lowest BCUT2D eigenvalue weighted by molar-refractivity contribution is -0.135. The van der Waals surface area contributed by atoms with Gasteiger partial charge in [-0.05, 0) is 23.6 Å². The molecule has 0 radical (unpaired) electrons. The molecule has 2 aromatic rings. The van der Waals surface area contributed by atoms with Gasteiger partial charge in [-0.25, -0.2) is 4.39 Å². The van der Waals surface area contributed by atoms with Crippen LogP contribution in [-0.4, -0.2) is 25.5 Å². The van der Waals surface area contributed by atoms with Crippen LogP contribution in [0.5, 0.6) is 0 Å². The smallest absolute Gasteiger partial charge is 0.224 e. The summed E-state index contributed by atoms with van der Waals surface area (Å²) in [7, 11) is 1.47. The lowest BCUT2D eigenvalue weighted by atomic mass is 9.85. The van der Waals surface area contributed by atoms with Crippen LogP contribution in [0.3, 0.4) is 0 Å². The standard InChI is InChI=1S/C20H23FN2O3/c1-23-20(25)16(11-15-9-5-6-10-18(15)21)17(19(22)24)13-26-12-14-7-3-2-4-8-14/h2-10,16-17H,11-13H2,1H3,(H2,22,24)(H,23,25)/t16-,17?/m1/s1. The van der Waals surface area contributed by atoms with Gasteiger partial charge in [-0.15, -0.1) is 0 Å². The fraction of sp³-hybridized carbons (Fsp3) is 0.300. The number of rotatable bonds is 9. The molecule has 2 aromatic carbocycles. The van der Waals surface area contributed by atoms with Gasteiger partial charge in [0.05, 0.1) is 25.0 Å². The van der Waals surface area contributed by atoms with E-state index in [0.717, 1.165) is 5.56 Å². The van der Waals surface area contributed by atoms with Crippen LogP contribution in [0.4, 0.5) is 4.39 Å². The Hall–Kier alpha value is -2.73. The molecule has 2 amide bonds. The molecule has 5 nitrogen and oxygen atoms in total. The highest BCUT2D eigenvalue weighted by Crippen LogP contribution is 2.21. The maximum atomic E-state index is 14.0. The Kier molecular flexibility index (Phi) is 7.29. The van der Waals surface area contributed by atoms with E-state index in [1.165, 1.54) is 13.1 Å². The average Bonchev–Trinajstić information content (AvgIpc) is 2.65. The first-order valence-electron chi connectivity index (χ1n) is 8.39. The molecule has 0 aliphatic heterocycles. The fourth-order valence-electron chi connectivity index (χ4n) is 2.78. The predicted molar refractivity (Wildman–Crippen MR) is 96.4 cm³/mol. The molecule has 0 spiro atoms. The first-order chi connectivity index (χ1) is 12.5. The highest BCUT2D eigenvalue weighted by molar-refractivity contribution is 5.87. The zero-order valence-electron chi connectivity index (χ0n) is 14.7. The summed E-state index contributed by atoms with van der Waals surface area (Å²) in [5, 5.41) is 2.52. The molecule has 138 valence electrons. The van der Waals surface area contributed by atoms with Crippen molar-refractivity contribution in [3.05, 3.63) is 71.5 Å². The molecule has 3 N–H and O–H groups in total. The Morgan fingerprint density at radius 2 is 1.73 bits per heavy atom. The number of primary amides is 1. The molecule has 26 heavy (non-hydrogen) atoms. The number of halogens is 1. The molecule has 0 aliphatic carbocycles. The number of hydrogen-bond acceptors (Lipinski definition) is 3. The number of amides is 2. The summed E-state index contributed by atoms with van der Waals surface area (Å²) in [5.74, 6) is -3.12. The van der Waals surface area contributed by atoms with E-state index in [9.17, 15) is 14.0 Å². The van der Waals surface area contributed by atoms with E-state index in [1.807, 2.05) is 30.3 Å². The Morgan fingerprint density at radius 3 is 2.35 bits per heavy atom. The maximum absolute atomic E-state index is 14.0. The third-order valence-electron chi connectivity index (χ3n) is 4.24. The fourth-order valence-corrected chi connectivity index (χ4v) is 2.78. The SMILES string of the molecule is CNC(=O)[C@H](Cc1ccccc1F)C(COCc1ccccc1)C(N)=O. The van der Waals surface area contributed by atoms with E-state index in [4.69, 9.17) is 10.5 Å². The maximum Gasteiger partial charge on any atom is 0.224 e. The summed E-state index contributed by atoms with van der Waals surface area (Å²) in [4.78, 5) is 24.3. The third kappa shape index (κ3) is 5.39. The molecular weight excluding hydrogens is 335 g/mol. The first kappa shape index (κ1) is 19.6. The van der Waals surface area contributed by atoms with E-state index in [0.29, 0.717) is 12.2 Å². The van der Waals surface area contributed by atoms with Crippen LogP contribution in [0.2, 0.25) is 0 Å². The summed E-state index contributed by atoms with van der Waals surface area (Å²) in [6, 6.07) is 15.6. The number of hydrogen-bond donors (Lipinski definition) is 2. The molecule has 0 aromatic heterocycles. The zero-order chi connectivity index (χ0) is 18.9. The summed E-state index contributed by atoms with van der Waals surface area (Å²) in [6.07, 6.45) is 0.0641. The normalized spacial score (nSPS) is 13.0. The summed E-state index contributed by atoms with van der Waals surface area (Å²) < 4.78 is 19.6. The van der Waals surface area contributed by atoms with E-state index in [2.05, 4.69) is 5.32 Å². The first-order valence-corrected chi connectivity index (χ1v) is 8.39. The molecule has 0 saturated heterocycles. The second-order valence-corrected chi connectivity index (χ2v) is 6.03. The largest absolute Gasteiger partial charge is 0.376 e. The van der Waals surface area contributed by atoms with Crippen LogP contribution < -0.4 is 11.1 Å². The topological polar surface area (TPSA) is 81.4 Å². The number of carbonyl (C=O) groups excluding carboxylic acids is 2. The van der Waals surface area contributed by atoms with Crippen LogP contribution in [0.15, 0.2) is 54.6 Å². The second-order valence-electron chi connectivity index (χ2n) is 6.03. The van der Waals surface area contributed by atoms with E-state index in [1.54, 1.807) is 18.2 Å². The van der Waals surface area contributed by atoms with Crippen molar-refractivity contribution in [2.75, 3.05) is 13.7 Å². The van der Waals surface area contributed by atoms with E-state index >= 15 is 0 Å². The Labute approximate surface area is 152 Å². The predicted octanol–water partition coefficient (Wildman–Crippen LogP) is 2.05. The van der Waals surface area contributed by atoms with Crippen molar-refractivity contribution >= 4 is 11.8 Å². The minimum atomic E-state index is -0.863. The van der Waals surface area contributed by atoms with Gasteiger partial charge < -0.3 is 15.8 Å². The van der Waals surface area contributed by atoms with Gasteiger partial charge >= 0.3 is 0 Å². The molecule has 0 fully saturated rings. The second kappa shape index (κ2) is 9.68. The quantitative estimate of drug-likeness (QED) is 0.720. The molecular formula is C20H23FN2O3. The minimum absolute atomic E-state index is 0.0171. The van der Waals surface area contributed by atoms with E-state index < -0.39 is 23.6 Å². The highest BCUT2D eigenvalue weighted by Gasteiger charge is 2.33. The summed E-state index contributed by atoms with van der Waals surface area (Å²) in [6.45, 7) is 0.279. The van der Waals surface area contributed by atoms with Crippen LogP contribution in [0.1, 0.15) is 11.1 Å². The molecule has 0 aliphatic rings. The van der Waals surface area contributed by atoms with Crippen molar-refractivity contribution in [3.63, 3.8) is 0 Å². The molecule has 6 heteroatoms. The van der Waals surface area contributed by atoms with Crippen LogP contribution in [-0.2, 0) is 27.4 Å². The molecule has 2 rings (SSSR count). The Balaban J connectivity index is 2.11. The summed E-state index contributed by atoms with van der Waals surface area (Å²) >= 11 is 0. The van der Waals surface area contributed by atoms with E-state index in [-0.39, 0.29) is 18.9 Å². The molecule has 2 atom stereocenters. The number of ether oxygens (including phenoxy) is 1. The van der Waals surface area contributed by atoms with Crippen molar-refractivity contribution in [1.29, 1.82) is 0 Å². The van der Waals surface area contributed by atoms with Crippen LogP contribution >= 0.6 is 0 Å². The van der Waals surface area contributed by atoms with Crippen molar-refractivity contribution in [3.8, 4) is 0 Å². The van der Waals surface area contributed by atoms with Gasteiger partial charge in [0.1, 0.15) is 5.82 Å². The third-order valence-corrected chi connectivity index (χ3v) is 4.24.